The van der Waals surface area contributed by atoms with Crippen LogP contribution in [0.15, 0.2) is 54.6 Å². The van der Waals surface area contributed by atoms with Crippen LogP contribution in [0.5, 0.6) is 0 Å². The van der Waals surface area contributed by atoms with Gasteiger partial charge >= 0.3 is 5.97 Å². The van der Waals surface area contributed by atoms with Crippen molar-refractivity contribution in [2.45, 2.75) is 20.0 Å². The molecule has 132 valence electrons. The summed E-state index contributed by atoms with van der Waals surface area (Å²) in [5.41, 5.74) is 2.11. The first-order chi connectivity index (χ1) is 11.9. The number of hydrogen-bond acceptors (Lipinski definition) is 4. The van der Waals surface area contributed by atoms with Crippen LogP contribution in [0.1, 0.15) is 24.2 Å². The molecule has 0 N–H and O–H groups in total. The zero-order valence-corrected chi connectivity index (χ0v) is 15.1. The van der Waals surface area contributed by atoms with Crippen LogP contribution in [0.3, 0.4) is 0 Å². The molecule has 5 nitrogen and oxygen atoms in total. The first-order valence-electron chi connectivity index (χ1n) is 8.28. The topological polar surface area (TPSA) is 49.9 Å². The second-order valence-corrected chi connectivity index (χ2v) is 5.91. The number of likely N-dealkylation sites (N-methyl/N-ethyl adjacent to an activating group) is 1. The van der Waals surface area contributed by atoms with Gasteiger partial charge < -0.3 is 14.5 Å². The van der Waals surface area contributed by atoms with E-state index >= 15 is 0 Å². The van der Waals surface area contributed by atoms with Crippen LogP contribution >= 0.6 is 0 Å². The fraction of sp³-hybridized carbons (Fsp3) is 0.300. The minimum absolute atomic E-state index is 0.245. The Morgan fingerprint density at radius 3 is 2.24 bits per heavy atom. The lowest BCUT2D eigenvalue weighted by Crippen LogP contribution is -2.40. The maximum atomic E-state index is 12.7. The molecule has 0 bridgehead atoms. The largest absolute Gasteiger partial charge is 0.449 e. The van der Waals surface area contributed by atoms with Gasteiger partial charge in [-0.1, -0.05) is 24.3 Å². The Balaban J connectivity index is 2.10. The van der Waals surface area contributed by atoms with Crippen LogP contribution in [-0.4, -0.2) is 38.6 Å². The van der Waals surface area contributed by atoms with Crippen LogP contribution < -0.4 is 9.80 Å². The number of para-hydroxylation sites is 1. The molecule has 0 aromatic heterocycles. The van der Waals surface area contributed by atoms with E-state index in [1.807, 2.05) is 62.3 Å². The Labute approximate surface area is 148 Å². The Morgan fingerprint density at radius 2 is 1.64 bits per heavy atom. The number of carbonyl (C=O) groups excluding carboxylic acids is 2. The fourth-order valence-corrected chi connectivity index (χ4v) is 2.48. The van der Waals surface area contributed by atoms with Crippen LogP contribution in [0.4, 0.5) is 11.4 Å². The van der Waals surface area contributed by atoms with E-state index in [4.69, 9.17) is 4.74 Å². The van der Waals surface area contributed by atoms with Gasteiger partial charge in [0, 0.05) is 32.0 Å². The first kappa shape index (κ1) is 18.5. The van der Waals surface area contributed by atoms with Gasteiger partial charge in [0.1, 0.15) is 0 Å². The summed E-state index contributed by atoms with van der Waals surface area (Å²) in [6, 6.07) is 16.5. The third kappa shape index (κ3) is 4.59. The van der Waals surface area contributed by atoms with Crippen molar-refractivity contribution in [1.29, 1.82) is 0 Å². The maximum Gasteiger partial charge on any atom is 0.338 e. The number of carbonyl (C=O) groups is 2. The summed E-state index contributed by atoms with van der Waals surface area (Å²) in [7, 11) is 3.80. The molecule has 1 atom stereocenters. The highest BCUT2D eigenvalue weighted by atomic mass is 16.5. The molecule has 2 aromatic carbocycles. The van der Waals surface area contributed by atoms with Gasteiger partial charge in [-0.15, -0.1) is 0 Å². The highest BCUT2D eigenvalue weighted by molar-refractivity contribution is 5.99. The van der Waals surface area contributed by atoms with Crippen LogP contribution in [0.25, 0.3) is 0 Å². The molecule has 25 heavy (non-hydrogen) atoms. The van der Waals surface area contributed by atoms with E-state index in [0.29, 0.717) is 12.1 Å². The summed E-state index contributed by atoms with van der Waals surface area (Å²) < 4.78 is 5.39. The minimum atomic E-state index is -0.865. The Hall–Kier alpha value is -2.82. The quantitative estimate of drug-likeness (QED) is 0.757. The van der Waals surface area contributed by atoms with Crippen molar-refractivity contribution >= 4 is 23.3 Å². The molecule has 0 saturated heterocycles. The molecule has 0 radical (unpaired) electrons. The first-order valence-corrected chi connectivity index (χ1v) is 8.28. The highest BCUT2D eigenvalue weighted by Gasteiger charge is 2.24. The molecule has 0 fully saturated rings. The molecular weight excluding hydrogens is 316 g/mol. The molecule has 0 aliphatic rings. The molecule has 1 amide bonds. The van der Waals surface area contributed by atoms with Gasteiger partial charge in [-0.05, 0) is 44.2 Å². The number of ether oxygens (including phenoxy) is 1. The van der Waals surface area contributed by atoms with Crippen molar-refractivity contribution in [2.75, 3.05) is 30.4 Å². The molecule has 5 heteroatoms. The number of amides is 1. The molecular formula is C20H24N2O3. The van der Waals surface area contributed by atoms with E-state index in [1.165, 1.54) is 0 Å². The fourth-order valence-electron chi connectivity index (χ4n) is 2.48. The van der Waals surface area contributed by atoms with Crippen molar-refractivity contribution in [2.24, 2.45) is 0 Å². The third-order valence-electron chi connectivity index (χ3n) is 3.88. The van der Waals surface area contributed by atoms with E-state index < -0.39 is 12.1 Å². The SMILES string of the molecule is CCN(C(=O)[C@@H](C)OC(=O)c1cccc(N(C)C)c1)c1ccccc1. The molecule has 0 spiro atoms. The van der Waals surface area contributed by atoms with E-state index in [1.54, 1.807) is 30.0 Å². The van der Waals surface area contributed by atoms with Crippen molar-refractivity contribution < 1.29 is 14.3 Å². The Bertz CT molecular complexity index is 729. The standard InChI is InChI=1S/C20H24N2O3/c1-5-22(17-11-7-6-8-12-17)19(23)15(2)25-20(24)16-10-9-13-18(14-16)21(3)4/h6-15H,5H2,1-4H3/t15-/m1/s1. The van der Waals surface area contributed by atoms with Gasteiger partial charge in [0.05, 0.1) is 5.56 Å². The second kappa shape index (κ2) is 8.33. The molecule has 0 aliphatic heterocycles. The lowest BCUT2D eigenvalue weighted by molar-refractivity contribution is -0.126. The molecule has 2 aromatic rings. The lowest BCUT2D eigenvalue weighted by atomic mass is 10.2. The zero-order valence-electron chi connectivity index (χ0n) is 15.1. The number of benzene rings is 2. The van der Waals surface area contributed by atoms with Crippen molar-refractivity contribution in [3.8, 4) is 0 Å². The van der Waals surface area contributed by atoms with Crippen LogP contribution in [-0.2, 0) is 9.53 Å². The van der Waals surface area contributed by atoms with Gasteiger partial charge in [-0.25, -0.2) is 4.79 Å². The number of esters is 1. The number of nitrogens with zero attached hydrogens (tertiary/aromatic N) is 2. The highest BCUT2D eigenvalue weighted by Crippen LogP contribution is 2.17. The average Bonchev–Trinajstić information content (AvgIpc) is 2.63. The molecule has 0 heterocycles. The van der Waals surface area contributed by atoms with E-state index in [0.717, 1.165) is 11.4 Å². The number of hydrogen-bond donors (Lipinski definition) is 0. The van der Waals surface area contributed by atoms with Gasteiger partial charge in [0.2, 0.25) is 0 Å². The van der Waals surface area contributed by atoms with E-state index in [9.17, 15) is 9.59 Å². The number of anilines is 2. The Morgan fingerprint density at radius 1 is 1.00 bits per heavy atom. The van der Waals surface area contributed by atoms with Crippen molar-refractivity contribution in [3.63, 3.8) is 0 Å². The van der Waals surface area contributed by atoms with Crippen molar-refractivity contribution in [3.05, 3.63) is 60.2 Å². The van der Waals surface area contributed by atoms with Crippen molar-refractivity contribution in [1.82, 2.24) is 0 Å². The van der Waals surface area contributed by atoms with E-state index in [2.05, 4.69) is 0 Å². The van der Waals surface area contributed by atoms with Gasteiger partial charge in [0.25, 0.3) is 5.91 Å². The summed E-state index contributed by atoms with van der Waals surface area (Å²) in [4.78, 5) is 28.5. The molecule has 0 saturated carbocycles. The molecule has 0 aliphatic carbocycles. The predicted molar refractivity (Wildman–Crippen MR) is 100 cm³/mol. The smallest absolute Gasteiger partial charge is 0.338 e. The van der Waals surface area contributed by atoms with Crippen LogP contribution in [0, 0.1) is 0 Å². The maximum absolute atomic E-state index is 12.7. The normalized spacial score (nSPS) is 11.5. The second-order valence-electron chi connectivity index (χ2n) is 5.91. The summed E-state index contributed by atoms with van der Waals surface area (Å²) in [6.45, 7) is 3.99. The van der Waals surface area contributed by atoms with E-state index in [-0.39, 0.29) is 5.91 Å². The summed E-state index contributed by atoms with van der Waals surface area (Å²) in [5.74, 6) is -0.750. The average molecular weight is 340 g/mol. The van der Waals surface area contributed by atoms with Gasteiger partial charge in [-0.2, -0.15) is 0 Å². The Kier molecular flexibility index (Phi) is 6.17. The van der Waals surface area contributed by atoms with Gasteiger partial charge in [0.15, 0.2) is 6.10 Å². The minimum Gasteiger partial charge on any atom is -0.449 e. The summed E-state index contributed by atoms with van der Waals surface area (Å²) in [5, 5.41) is 0. The summed E-state index contributed by atoms with van der Waals surface area (Å²) in [6.07, 6.45) is -0.865. The summed E-state index contributed by atoms with van der Waals surface area (Å²) >= 11 is 0. The monoisotopic (exact) mass is 340 g/mol. The molecule has 2 rings (SSSR count). The molecule has 0 unspecified atom stereocenters. The van der Waals surface area contributed by atoms with Gasteiger partial charge in [-0.3, -0.25) is 4.79 Å². The third-order valence-corrected chi connectivity index (χ3v) is 3.88. The van der Waals surface area contributed by atoms with Crippen LogP contribution in [0.2, 0.25) is 0 Å². The predicted octanol–water partition coefficient (Wildman–Crippen LogP) is 3.35. The zero-order chi connectivity index (χ0) is 18.4. The number of rotatable bonds is 6. The lowest BCUT2D eigenvalue weighted by Gasteiger charge is -2.24.